The number of benzene rings is 2. The number of fused-ring (bicyclic) bond motifs is 2. The van der Waals surface area contributed by atoms with Crippen molar-refractivity contribution in [3.63, 3.8) is 0 Å². The number of aromatic amines is 1. The molecule has 25 heavy (non-hydrogen) atoms. The maximum atomic E-state index is 12.8. The van der Waals surface area contributed by atoms with Gasteiger partial charge in [-0.15, -0.1) is 0 Å². The summed E-state index contributed by atoms with van der Waals surface area (Å²) in [5, 5.41) is 5.13. The number of carbonyl (C=O) groups excluding carboxylic acids is 1. The molecule has 2 aromatic heterocycles. The lowest BCUT2D eigenvalue weighted by Gasteiger charge is -2.07. The van der Waals surface area contributed by atoms with Crippen molar-refractivity contribution in [2.45, 2.75) is 26.8 Å². The van der Waals surface area contributed by atoms with Crippen LogP contribution in [0.1, 0.15) is 29.4 Å². The molecule has 0 aliphatic heterocycles. The lowest BCUT2D eigenvalue weighted by atomic mass is 10.1. The highest BCUT2D eigenvalue weighted by Crippen LogP contribution is 2.25. The van der Waals surface area contributed by atoms with Gasteiger partial charge in [0, 0.05) is 45.9 Å². The minimum atomic E-state index is -0.0812. The van der Waals surface area contributed by atoms with Crippen molar-refractivity contribution in [2.75, 3.05) is 5.32 Å². The number of para-hydroxylation sites is 1. The van der Waals surface area contributed by atoms with Gasteiger partial charge in [-0.05, 0) is 43.7 Å². The average molecular weight is 331 g/mol. The van der Waals surface area contributed by atoms with Crippen LogP contribution in [0.3, 0.4) is 0 Å². The molecule has 0 fully saturated rings. The molecule has 0 spiro atoms. The first-order chi connectivity index (χ1) is 12.2. The molecule has 2 N–H and O–H groups in total. The van der Waals surface area contributed by atoms with Crippen LogP contribution < -0.4 is 5.32 Å². The minimum Gasteiger partial charge on any atom is -0.358 e. The number of anilines is 1. The molecule has 4 rings (SSSR count). The van der Waals surface area contributed by atoms with Crippen molar-refractivity contribution >= 4 is 33.4 Å². The van der Waals surface area contributed by atoms with Gasteiger partial charge in [-0.1, -0.05) is 25.1 Å². The first kappa shape index (κ1) is 15.5. The molecule has 4 nitrogen and oxygen atoms in total. The van der Waals surface area contributed by atoms with Crippen molar-refractivity contribution in [3.8, 4) is 0 Å². The fourth-order valence-electron chi connectivity index (χ4n) is 3.48. The van der Waals surface area contributed by atoms with Gasteiger partial charge < -0.3 is 14.9 Å². The van der Waals surface area contributed by atoms with Crippen molar-refractivity contribution < 1.29 is 4.79 Å². The Morgan fingerprint density at radius 1 is 1.16 bits per heavy atom. The molecule has 0 unspecified atom stereocenters. The van der Waals surface area contributed by atoms with Gasteiger partial charge in [-0.2, -0.15) is 0 Å². The van der Waals surface area contributed by atoms with Crippen molar-refractivity contribution in [3.05, 3.63) is 66.0 Å². The molecule has 0 aliphatic carbocycles. The Labute approximate surface area is 146 Å². The van der Waals surface area contributed by atoms with E-state index in [4.69, 9.17) is 0 Å². The molecule has 4 aromatic rings. The van der Waals surface area contributed by atoms with Gasteiger partial charge in [0.05, 0.1) is 5.56 Å². The van der Waals surface area contributed by atoms with Crippen molar-refractivity contribution in [1.29, 1.82) is 0 Å². The molecule has 0 aliphatic rings. The van der Waals surface area contributed by atoms with E-state index in [1.165, 1.54) is 5.52 Å². The summed E-state index contributed by atoms with van der Waals surface area (Å²) in [5.74, 6) is -0.0812. The van der Waals surface area contributed by atoms with Crippen LogP contribution in [0.25, 0.3) is 21.8 Å². The van der Waals surface area contributed by atoms with Gasteiger partial charge in [0.1, 0.15) is 0 Å². The van der Waals surface area contributed by atoms with Crippen LogP contribution in [-0.4, -0.2) is 15.5 Å². The SMILES string of the molecule is CCCn1ccc2cc(NC(=O)c3c(C)[nH]c4ccccc34)ccc21. The van der Waals surface area contributed by atoms with E-state index in [2.05, 4.69) is 40.1 Å². The number of H-pyrrole nitrogens is 1. The quantitative estimate of drug-likeness (QED) is 0.537. The molecule has 0 saturated carbocycles. The standard InChI is InChI=1S/C21H21N3O/c1-3-11-24-12-10-15-13-16(8-9-19(15)24)23-21(25)20-14(2)22-18-7-5-4-6-17(18)20/h4-10,12-13,22H,3,11H2,1-2H3,(H,23,25). The van der Waals surface area contributed by atoms with E-state index < -0.39 is 0 Å². The lowest BCUT2D eigenvalue weighted by Crippen LogP contribution is -2.12. The second-order valence-corrected chi connectivity index (χ2v) is 6.41. The first-order valence-electron chi connectivity index (χ1n) is 8.65. The summed E-state index contributed by atoms with van der Waals surface area (Å²) >= 11 is 0. The smallest absolute Gasteiger partial charge is 0.258 e. The number of nitrogens with one attached hydrogen (secondary N) is 2. The number of hydrogen-bond acceptors (Lipinski definition) is 1. The normalized spacial score (nSPS) is 11.3. The average Bonchev–Trinajstić information content (AvgIpc) is 3.15. The first-order valence-corrected chi connectivity index (χ1v) is 8.65. The topological polar surface area (TPSA) is 49.8 Å². The van der Waals surface area contributed by atoms with E-state index in [1.807, 2.05) is 43.3 Å². The largest absolute Gasteiger partial charge is 0.358 e. The minimum absolute atomic E-state index is 0.0812. The lowest BCUT2D eigenvalue weighted by molar-refractivity contribution is 0.102. The molecule has 4 heteroatoms. The second kappa shape index (κ2) is 6.13. The van der Waals surface area contributed by atoms with Crippen LogP contribution in [0, 0.1) is 6.92 Å². The van der Waals surface area contributed by atoms with E-state index in [-0.39, 0.29) is 5.91 Å². The Morgan fingerprint density at radius 3 is 2.84 bits per heavy atom. The maximum absolute atomic E-state index is 12.8. The van der Waals surface area contributed by atoms with E-state index in [0.717, 1.165) is 40.6 Å². The van der Waals surface area contributed by atoms with E-state index in [9.17, 15) is 4.79 Å². The Bertz CT molecular complexity index is 1070. The number of carbonyl (C=O) groups is 1. The fraction of sp³-hybridized carbons (Fsp3) is 0.190. The third kappa shape index (κ3) is 2.70. The summed E-state index contributed by atoms with van der Waals surface area (Å²) < 4.78 is 2.24. The van der Waals surface area contributed by atoms with E-state index in [1.54, 1.807) is 0 Å². The van der Waals surface area contributed by atoms with Gasteiger partial charge in [0.2, 0.25) is 0 Å². The monoisotopic (exact) mass is 331 g/mol. The number of rotatable bonds is 4. The predicted octanol–water partition coefficient (Wildman–Crippen LogP) is 5.09. The van der Waals surface area contributed by atoms with Crippen LogP contribution in [0.15, 0.2) is 54.7 Å². The number of nitrogens with zero attached hydrogens (tertiary/aromatic N) is 1. The number of hydrogen-bond donors (Lipinski definition) is 2. The number of aryl methyl sites for hydroxylation is 2. The maximum Gasteiger partial charge on any atom is 0.258 e. The molecular weight excluding hydrogens is 310 g/mol. The summed E-state index contributed by atoms with van der Waals surface area (Å²) in [5.41, 5.74) is 4.59. The van der Waals surface area contributed by atoms with Crippen molar-refractivity contribution in [1.82, 2.24) is 9.55 Å². The number of amides is 1. The van der Waals surface area contributed by atoms with E-state index in [0.29, 0.717) is 5.56 Å². The van der Waals surface area contributed by atoms with Gasteiger partial charge in [0.15, 0.2) is 0 Å². The Balaban J connectivity index is 1.66. The molecule has 0 saturated heterocycles. The second-order valence-electron chi connectivity index (χ2n) is 6.41. The highest BCUT2D eigenvalue weighted by atomic mass is 16.1. The molecule has 0 radical (unpaired) electrons. The highest BCUT2D eigenvalue weighted by Gasteiger charge is 2.16. The fourth-order valence-corrected chi connectivity index (χ4v) is 3.48. The summed E-state index contributed by atoms with van der Waals surface area (Å²) in [4.78, 5) is 16.1. The number of aromatic nitrogens is 2. The van der Waals surface area contributed by atoms with Crippen LogP contribution in [-0.2, 0) is 6.54 Å². The summed E-state index contributed by atoms with van der Waals surface area (Å²) in [6.07, 6.45) is 3.20. The zero-order valence-electron chi connectivity index (χ0n) is 14.5. The molecule has 0 atom stereocenters. The van der Waals surface area contributed by atoms with Crippen LogP contribution in [0.5, 0.6) is 0 Å². The van der Waals surface area contributed by atoms with Gasteiger partial charge >= 0.3 is 0 Å². The Kier molecular flexibility index (Phi) is 3.80. The molecule has 2 aromatic carbocycles. The van der Waals surface area contributed by atoms with Crippen LogP contribution in [0.2, 0.25) is 0 Å². The van der Waals surface area contributed by atoms with Crippen molar-refractivity contribution in [2.24, 2.45) is 0 Å². The summed E-state index contributed by atoms with van der Waals surface area (Å²) in [6.45, 7) is 5.11. The molecule has 0 bridgehead atoms. The molecular formula is C21H21N3O. The van der Waals surface area contributed by atoms with Gasteiger partial charge in [-0.25, -0.2) is 0 Å². The van der Waals surface area contributed by atoms with Gasteiger partial charge in [0.25, 0.3) is 5.91 Å². The third-order valence-corrected chi connectivity index (χ3v) is 4.61. The zero-order chi connectivity index (χ0) is 17.4. The van der Waals surface area contributed by atoms with Gasteiger partial charge in [-0.3, -0.25) is 4.79 Å². The Morgan fingerprint density at radius 2 is 2.00 bits per heavy atom. The summed E-state index contributed by atoms with van der Waals surface area (Å²) in [7, 11) is 0. The Hall–Kier alpha value is -3.01. The van der Waals surface area contributed by atoms with E-state index >= 15 is 0 Å². The highest BCUT2D eigenvalue weighted by molar-refractivity contribution is 6.14. The zero-order valence-corrected chi connectivity index (χ0v) is 14.5. The summed E-state index contributed by atoms with van der Waals surface area (Å²) in [6, 6.07) is 16.0. The van der Waals surface area contributed by atoms with Crippen LogP contribution in [0.4, 0.5) is 5.69 Å². The molecule has 2 heterocycles. The third-order valence-electron chi connectivity index (χ3n) is 4.61. The molecule has 1 amide bonds. The predicted molar refractivity (Wildman–Crippen MR) is 103 cm³/mol. The molecule has 126 valence electrons. The van der Waals surface area contributed by atoms with Crippen LogP contribution >= 0.6 is 0 Å².